The summed E-state index contributed by atoms with van der Waals surface area (Å²) in [5.74, 6) is -0.291. The number of hydrogen-bond acceptors (Lipinski definition) is 3. The molecule has 1 aromatic carbocycles. The second kappa shape index (κ2) is 6.90. The SMILES string of the molecule is COC(=O)C(C)C(C)N(C)Cc1ccc(Br)cc1. The number of methoxy groups -OCH3 is 1. The molecule has 1 aromatic rings. The fraction of sp³-hybridized carbons (Fsp3) is 0.500. The Morgan fingerprint density at radius 3 is 2.39 bits per heavy atom. The van der Waals surface area contributed by atoms with Crippen molar-refractivity contribution in [2.45, 2.75) is 26.4 Å². The van der Waals surface area contributed by atoms with Crippen LogP contribution in [0.4, 0.5) is 0 Å². The molecular weight excluding hydrogens is 294 g/mol. The van der Waals surface area contributed by atoms with Crippen LogP contribution in [0.15, 0.2) is 28.7 Å². The van der Waals surface area contributed by atoms with Crippen LogP contribution in [0.25, 0.3) is 0 Å². The molecule has 0 radical (unpaired) electrons. The van der Waals surface area contributed by atoms with Gasteiger partial charge in [-0.05, 0) is 31.7 Å². The highest BCUT2D eigenvalue weighted by atomic mass is 79.9. The summed E-state index contributed by atoms with van der Waals surface area (Å²) >= 11 is 3.42. The van der Waals surface area contributed by atoms with Gasteiger partial charge in [-0.1, -0.05) is 35.0 Å². The molecule has 0 saturated carbocycles. The summed E-state index contributed by atoms with van der Waals surface area (Å²) in [6.45, 7) is 4.75. The summed E-state index contributed by atoms with van der Waals surface area (Å²) in [5, 5.41) is 0. The fourth-order valence-electron chi connectivity index (χ4n) is 1.79. The van der Waals surface area contributed by atoms with Gasteiger partial charge < -0.3 is 4.74 Å². The zero-order chi connectivity index (χ0) is 13.7. The smallest absolute Gasteiger partial charge is 0.309 e. The Morgan fingerprint density at radius 1 is 1.33 bits per heavy atom. The maximum Gasteiger partial charge on any atom is 0.309 e. The fourth-order valence-corrected chi connectivity index (χ4v) is 2.05. The number of carbonyl (C=O) groups excluding carboxylic acids is 1. The molecule has 4 heteroatoms. The standard InChI is InChI=1S/C14H20BrNO2/c1-10(14(17)18-4)11(2)16(3)9-12-5-7-13(15)8-6-12/h5-8,10-11H,9H2,1-4H3. The molecule has 0 N–H and O–H groups in total. The Kier molecular flexibility index (Phi) is 5.82. The second-order valence-corrected chi connectivity index (χ2v) is 5.51. The third-order valence-corrected chi connectivity index (χ3v) is 3.87. The molecule has 0 bridgehead atoms. The van der Waals surface area contributed by atoms with Gasteiger partial charge in [0, 0.05) is 17.1 Å². The molecule has 0 aromatic heterocycles. The Hall–Kier alpha value is -0.870. The van der Waals surface area contributed by atoms with Crippen molar-refractivity contribution in [1.82, 2.24) is 4.90 Å². The molecular formula is C14H20BrNO2. The highest BCUT2D eigenvalue weighted by molar-refractivity contribution is 9.10. The zero-order valence-electron chi connectivity index (χ0n) is 11.3. The van der Waals surface area contributed by atoms with Crippen molar-refractivity contribution < 1.29 is 9.53 Å². The summed E-state index contributed by atoms with van der Waals surface area (Å²) in [4.78, 5) is 13.7. The van der Waals surface area contributed by atoms with Gasteiger partial charge in [0.1, 0.15) is 0 Å². The number of ether oxygens (including phenoxy) is 1. The van der Waals surface area contributed by atoms with Crippen molar-refractivity contribution in [1.29, 1.82) is 0 Å². The molecule has 3 nitrogen and oxygen atoms in total. The minimum atomic E-state index is -0.162. The number of nitrogens with zero attached hydrogens (tertiary/aromatic N) is 1. The maximum absolute atomic E-state index is 11.5. The molecule has 100 valence electrons. The Balaban J connectivity index is 2.61. The average molecular weight is 314 g/mol. The summed E-state index contributed by atoms with van der Waals surface area (Å²) < 4.78 is 5.85. The molecule has 0 fully saturated rings. The van der Waals surface area contributed by atoms with E-state index in [9.17, 15) is 4.79 Å². The first kappa shape index (κ1) is 15.2. The summed E-state index contributed by atoms with van der Waals surface area (Å²) in [7, 11) is 3.45. The van der Waals surface area contributed by atoms with E-state index >= 15 is 0 Å². The van der Waals surface area contributed by atoms with E-state index < -0.39 is 0 Å². The topological polar surface area (TPSA) is 29.5 Å². The van der Waals surface area contributed by atoms with E-state index in [4.69, 9.17) is 4.74 Å². The lowest BCUT2D eigenvalue weighted by molar-refractivity contribution is -0.146. The third kappa shape index (κ3) is 4.10. The van der Waals surface area contributed by atoms with Crippen molar-refractivity contribution in [3.05, 3.63) is 34.3 Å². The lowest BCUT2D eigenvalue weighted by Crippen LogP contribution is -2.37. The summed E-state index contributed by atoms with van der Waals surface area (Å²) in [5.41, 5.74) is 1.23. The highest BCUT2D eigenvalue weighted by Crippen LogP contribution is 2.16. The van der Waals surface area contributed by atoms with Gasteiger partial charge in [-0.15, -0.1) is 0 Å². The minimum Gasteiger partial charge on any atom is -0.469 e. The number of hydrogen-bond donors (Lipinski definition) is 0. The Morgan fingerprint density at radius 2 is 1.89 bits per heavy atom. The predicted octanol–water partition coefficient (Wildman–Crippen LogP) is 3.08. The van der Waals surface area contributed by atoms with Crippen LogP contribution in [-0.2, 0) is 16.1 Å². The van der Waals surface area contributed by atoms with E-state index in [1.807, 2.05) is 33.0 Å². The molecule has 0 aliphatic rings. The van der Waals surface area contributed by atoms with E-state index in [0.29, 0.717) is 0 Å². The first-order chi connectivity index (χ1) is 8.45. The van der Waals surface area contributed by atoms with Crippen molar-refractivity contribution in [3.63, 3.8) is 0 Å². The van der Waals surface area contributed by atoms with Crippen LogP contribution < -0.4 is 0 Å². The van der Waals surface area contributed by atoms with Gasteiger partial charge in [0.05, 0.1) is 13.0 Å². The molecule has 2 unspecified atom stereocenters. The van der Waals surface area contributed by atoms with Crippen LogP contribution in [0, 0.1) is 5.92 Å². The molecule has 0 saturated heterocycles. The molecule has 18 heavy (non-hydrogen) atoms. The van der Waals surface area contributed by atoms with E-state index in [1.54, 1.807) is 0 Å². The van der Waals surface area contributed by atoms with Gasteiger partial charge in [0.15, 0.2) is 0 Å². The van der Waals surface area contributed by atoms with Gasteiger partial charge in [-0.3, -0.25) is 9.69 Å². The number of esters is 1. The molecule has 0 aliphatic carbocycles. The lowest BCUT2D eigenvalue weighted by atomic mass is 10.0. The first-order valence-corrected chi connectivity index (χ1v) is 6.77. The van der Waals surface area contributed by atoms with Gasteiger partial charge >= 0.3 is 5.97 Å². The quantitative estimate of drug-likeness (QED) is 0.782. The van der Waals surface area contributed by atoms with Crippen molar-refractivity contribution in [2.24, 2.45) is 5.92 Å². The third-order valence-electron chi connectivity index (χ3n) is 3.34. The largest absolute Gasteiger partial charge is 0.469 e. The second-order valence-electron chi connectivity index (χ2n) is 4.59. The van der Waals surface area contributed by atoms with E-state index in [-0.39, 0.29) is 17.9 Å². The Labute approximate surface area is 117 Å². The van der Waals surface area contributed by atoms with Crippen molar-refractivity contribution in [3.8, 4) is 0 Å². The monoisotopic (exact) mass is 313 g/mol. The Bertz CT molecular complexity index is 391. The van der Waals surface area contributed by atoms with E-state index in [2.05, 4.69) is 33.0 Å². The zero-order valence-corrected chi connectivity index (χ0v) is 12.9. The number of carbonyl (C=O) groups is 1. The number of benzene rings is 1. The molecule has 2 atom stereocenters. The van der Waals surface area contributed by atoms with Gasteiger partial charge in [0.2, 0.25) is 0 Å². The molecule has 0 heterocycles. The van der Waals surface area contributed by atoms with Gasteiger partial charge in [-0.25, -0.2) is 0 Å². The number of rotatable bonds is 5. The van der Waals surface area contributed by atoms with Crippen LogP contribution in [0.3, 0.4) is 0 Å². The first-order valence-electron chi connectivity index (χ1n) is 5.98. The van der Waals surface area contributed by atoms with Crippen LogP contribution in [0.1, 0.15) is 19.4 Å². The molecule has 0 amide bonds. The molecule has 1 rings (SSSR count). The number of halogens is 1. The van der Waals surface area contributed by atoms with Crippen molar-refractivity contribution in [2.75, 3.05) is 14.2 Å². The summed E-state index contributed by atoms with van der Waals surface area (Å²) in [6, 6.07) is 8.35. The molecule has 0 spiro atoms. The normalized spacial score (nSPS) is 14.3. The average Bonchev–Trinajstić information content (AvgIpc) is 2.38. The van der Waals surface area contributed by atoms with E-state index in [0.717, 1.165) is 11.0 Å². The van der Waals surface area contributed by atoms with Gasteiger partial charge in [-0.2, -0.15) is 0 Å². The summed E-state index contributed by atoms with van der Waals surface area (Å²) in [6.07, 6.45) is 0. The predicted molar refractivity (Wildman–Crippen MR) is 76.3 cm³/mol. The van der Waals surface area contributed by atoms with Gasteiger partial charge in [0.25, 0.3) is 0 Å². The van der Waals surface area contributed by atoms with Crippen molar-refractivity contribution >= 4 is 21.9 Å². The van der Waals surface area contributed by atoms with E-state index in [1.165, 1.54) is 12.7 Å². The highest BCUT2D eigenvalue weighted by Gasteiger charge is 2.24. The maximum atomic E-state index is 11.5. The van der Waals surface area contributed by atoms with Crippen LogP contribution in [-0.4, -0.2) is 31.1 Å². The van der Waals surface area contributed by atoms with Crippen LogP contribution >= 0.6 is 15.9 Å². The lowest BCUT2D eigenvalue weighted by Gasteiger charge is -2.28. The molecule has 0 aliphatic heterocycles. The minimum absolute atomic E-state index is 0.129. The van der Waals surface area contributed by atoms with Crippen LogP contribution in [0.2, 0.25) is 0 Å². The van der Waals surface area contributed by atoms with Crippen LogP contribution in [0.5, 0.6) is 0 Å².